The average molecular weight is 415 g/mol. The van der Waals surface area contributed by atoms with Gasteiger partial charge in [0.2, 0.25) is 0 Å². The van der Waals surface area contributed by atoms with Crippen molar-refractivity contribution in [3.8, 4) is 0 Å². The number of thiazole rings is 1. The third-order valence-electron chi connectivity index (χ3n) is 6.45. The Hall–Kier alpha value is -1.95. The van der Waals surface area contributed by atoms with Crippen LogP contribution in [0.2, 0.25) is 0 Å². The molecule has 1 saturated carbocycles. The predicted octanol–water partition coefficient (Wildman–Crippen LogP) is 4.90. The summed E-state index contributed by atoms with van der Waals surface area (Å²) in [6.07, 6.45) is 8.13. The highest BCUT2D eigenvalue weighted by Gasteiger charge is 2.36. The first-order valence-corrected chi connectivity index (χ1v) is 11.8. The van der Waals surface area contributed by atoms with Gasteiger partial charge in [0, 0.05) is 18.5 Å². The Labute approximate surface area is 176 Å². The van der Waals surface area contributed by atoms with Crippen LogP contribution in [0.3, 0.4) is 0 Å². The first-order chi connectivity index (χ1) is 14.2. The van der Waals surface area contributed by atoms with E-state index in [9.17, 15) is 9.59 Å². The molecule has 0 radical (unpaired) electrons. The molecule has 2 aromatic rings. The van der Waals surface area contributed by atoms with Crippen LogP contribution in [0.25, 0.3) is 10.2 Å². The van der Waals surface area contributed by atoms with E-state index < -0.39 is 0 Å². The van der Waals surface area contributed by atoms with Crippen molar-refractivity contribution in [3.63, 3.8) is 0 Å². The molecule has 29 heavy (non-hydrogen) atoms. The van der Waals surface area contributed by atoms with Gasteiger partial charge in [-0.3, -0.25) is 9.59 Å². The summed E-state index contributed by atoms with van der Waals surface area (Å²) in [5, 5.41) is 1.03. The van der Waals surface area contributed by atoms with Gasteiger partial charge in [-0.2, -0.15) is 0 Å². The SMILES string of the molecule is CCC1CCCCN1C(=O)COC(=O)C1CCCCC1c1nc2ccccc2s1. The maximum atomic E-state index is 12.9. The molecule has 5 nitrogen and oxygen atoms in total. The Morgan fingerprint density at radius 1 is 1.14 bits per heavy atom. The first kappa shape index (κ1) is 20.3. The number of rotatable bonds is 5. The lowest BCUT2D eigenvalue weighted by Crippen LogP contribution is -2.45. The highest BCUT2D eigenvalue weighted by molar-refractivity contribution is 7.18. The van der Waals surface area contributed by atoms with Crippen LogP contribution in [0.5, 0.6) is 0 Å². The van der Waals surface area contributed by atoms with Crippen molar-refractivity contribution in [1.82, 2.24) is 9.88 Å². The number of amides is 1. The minimum Gasteiger partial charge on any atom is -0.455 e. The van der Waals surface area contributed by atoms with Gasteiger partial charge in [-0.25, -0.2) is 4.98 Å². The summed E-state index contributed by atoms with van der Waals surface area (Å²) in [4.78, 5) is 32.3. The second kappa shape index (κ2) is 9.24. The lowest BCUT2D eigenvalue weighted by molar-refractivity contribution is -0.158. The number of nitrogens with zero attached hydrogens (tertiary/aromatic N) is 2. The molecule has 0 spiro atoms. The largest absolute Gasteiger partial charge is 0.455 e. The number of carbonyl (C=O) groups excluding carboxylic acids is 2. The number of aromatic nitrogens is 1. The van der Waals surface area contributed by atoms with E-state index in [1.165, 1.54) is 6.42 Å². The number of carbonyl (C=O) groups is 2. The third kappa shape index (κ3) is 4.47. The van der Waals surface area contributed by atoms with Crippen LogP contribution in [-0.2, 0) is 14.3 Å². The Bertz CT molecular complexity index is 832. The van der Waals surface area contributed by atoms with Crippen LogP contribution in [0, 0.1) is 5.92 Å². The summed E-state index contributed by atoms with van der Waals surface area (Å²) >= 11 is 1.68. The molecule has 3 unspecified atom stereocenters. The molecule has 1 aromatic heterocycles. The van der Waals surface area contributed by atoms with Crippen LogP contribution < -0.4 is 0 Å². The van der Waals surface area contributed by atoms with E-state index in [0.29, 0.717) is 6.04 Å². The minimum atomic E-state index is -0.229. The van der Waals surface area contributed by atoms with Gasteiger partial charge in [-0.05, 0) is 50.7 Å². The smallest absolute Gasteiger partial charge is 0.310 e. The molecule has 0 N–H and O–H groups in total. The van der Waals surface area contributed by atoms with E-state index in [4.69, 9.17) is 9.72 Å². The minimum absolute atomic E-state index is 0.0442. The summed E-state index contributed by atoms with van der Waals surface area (Å²) in [7, 11) is 0. The number of piperidine rings is 1. The maximum absolute atomic E-state index is 12.9. The van der Waals surface area contributed by atoms with Crippen LogP contribution >= 0.6 is 11.3 Å². The van der Waals surface area contributed by atoms with Gasteiger partial charge in [0.25, 0.3) is 5.91 Å². The zero-order chi connectivity index (χ0) is 20.2. The number of hydrogen-bond donors (Lipinski definition) is 0. The average Bonchev–Trinajstić information content (AvgIpc) is 3.21. The second-order valence-electron chi connectivity index (χ2n) is 8.27. The van der Waals surface area contributed by atoms with Gasteiger partial charge in [0.05, 0.1) is 21.1 Å². The number of benzene rings is 1. The predicted molar refractivity (Wildman–Crippen MR) is 115 cm³/mol. The molecule has 3 atom stereocenters. The molecule has 156 valence electrons. The van der Waals surface area contributed by atoms with E-state index in [2.05, 4.69) is 13.0 Å². The molecule has 2 fully saturated rings. The number of para-hydroxylation sites is 1. The molecule has 2 heterocycles. The monoisotopic (exact) mass is 414 g/mol. The summed E-state index contributed by atoms with van der Waals surface area (Å²) < 4.78 is 6.72. The number of fused-ring (bicyclic) bond motifs is 1. The van der Waals surface area contributed by atoms with Crippen molar-refractivity contribution < 1.29 is 14.3 Å². The fourth-order valence-electron chi connectivity index (χ4n) is 4.83. The van der Waals surface area contributed by atoms with Gasteiger partial charge < -0.3 is 9.64 Å². The number of likely N-dealkylation sites (tertiary alicyclic amines) is 1. The number of ether oxygens (including phenoxy) is 1. The van der Waals surface area contributed by atoms with Crippen LogP contribution in [0.1, 0.15) is 69.2 Å². The zero-order valence-corrected chi connectivity index (χ0v) is 18.0. The number of esters is 1. The van der Waals surface area contributed by atoms with Crippen molar-refractivity contribution in [2.45, 2.75) is 70.3 Å². The zero-order valence-electron chi connectivity index (χ0n) is 17.1. The van der Waals surface area contributed by atoms with Crippen molar-refractivity contribution in [2.24, 2.45) is 5.92 Å². The summed E-state index contributed by atoms with van der Waals surface area (Å²) in [6, 6.07) is 8.40. The Morgan fingerprint density at radius 3 is 2.76 bits per heavy atom. The molecule has 1 aliphatic heterocycles. The van der Waals surface area contributed by atoms with Crippen molar-refractivity contribution in [3.05, 3.63) is 29.3 Å². The summed E-state index contributed by atoms with van der Waals surface area (Å²) in [5.41, 5.74) is 0.996. The van der Waals surface area contributed by atoms with Crippen molar-refractivity contribution >= 4 is 33.4 Å². The molecule has 0 bridgehead atoms. The molecule has 1 amide bonds. The van der Waals surface area contributed by atoms with Crippen LogP contribution in [0.15, 0.2) is 24.3 Å². The van der Waals surface area contributed by atoms with E-state index in [0.717, 1.165) is 66.7 Å². The highest BCUT2D eigenvalue weighted by atomic mass is 32.1. The Kier molecular flexibility index (Phi) is 6.48. The third-order valence-corrected chi connectivity index (χ3v) is 7.62. The fraction of sp³-hybridized carbons (Fsp3) is 0.609. The summed E-state index contributed by atoms with van der Waals surface area (Å²) in [5.74, 6) is -0.368. The fourth-order valence-corrected chi connectivity index (χ4v) is 6.00. The van der Waals surface area contributed by atoms with Crippen molar-refractivity contribution in [2.75, 3.05) is 13.2 Å². The lowest BCUT2D eigenvalue weighted by atomic mass is 9.79. The summed E-state index contributed by atoms with van der Waals surface area (Å²) in [6.45, 7) is 2.78. The van der Waals surface area contributed by atoms with Gasteiger partial charge in [0.1, 0.15) is 0 Å². The van der Waals surface area contributed by atoms with Gasteiger partial charge in [0.15, 0.2) is 6.61 Å². The molecule has 6 heteroatoms. The molecule has 4 rings (SSSR count). The van der Waals surface area contributed by atoms with E-state index >= 15 is 0 Å². The maximum Gasteiger partial charge on any atom is 0.310 e. The number of hydrogen-bond acceptors (Lipinski definition) is 5. The van der Waals surface area contributed by atoms with Crippen LogP contribution in [-0.4, -0.2) is 41.0 Å². The van der Waals surface area contributed by atoms with Gasteiger partial charge >= 0.3 is 5.97 Å². The molecule has 1 aromatic carbocycles. The normalized spacial score (nSPS) is 25.1. The molecule has 1 saturated heterocycles. The first-order valence-electron chi connectivity index (χ1n) is 11.0. The van der Waals surface area contributed by atoms with Crippen LogP contribution in [0.4, 0.5) is 0 Å². The molecule has 2 aliphatic rings. The second-order valence-corrected chi connectivity index (χ2v) is 9.33. The molecule has 1 aliphatic carbocycles. The molecular formula is C23H30N2O3S. The Morgan fingerprint density at radius 2 is 1.93 bits per heavy atom. The quantitative estimate of drug-likeness (QED) is 0.653. The standard InChI is InChI=1S/C23H30N2O3S/c1-2-16-9-7-8-14-25(16)21(26)15-28-23(27)18-11-4-3-10-17(18)22-24-19-12-5-6-13-20(19)29-22/h5-6,12-13,16-18H,2-4,7-11,14-15H2,1H3. The Balaban J connectivity index is 1.41. The highest BCUT2D eigenvalue weighted by Crippen LogP contribution is 2.41. The molecular weight excluding hydrogens is 384 g/mol. The van der Waals surface area contributed by atoms with E-state index in [1.807, 2.05) is 23.1 Å². The lowest BCUT2D eigenvalue weighted by Gasteiger charge is -2.35. The van der Waals surface area contributed by atoms with Gasteiger partial charge in [-0.1, -0.05) is 31.9 Å². The topological polar surface area (TPSA) is 59.5 Å². The van der Waals surface area contributed by atoms with E-state index in [1.54, 1.807) is 11.3 Å². The van der Waals surface area contributed by atoms with Crippen molar-refractivity contribution in [1.29, 1.82) is 0 Å². The van der Waals surface area contributed by atoms with Gasteiger partial charge in [-0.15, -0.1) is 11.3 Å². The van der Waals surface area contributed by atoms with E-state index in [-0.39, 0.29) is 30.3 Å².